The number of hydrogen-bond donors (Lipinski definition) is 1. The van der Waals surface area contributed by atoms with Crippen molar-refractivity contribution in [3.05, 3.63) is 59.2 Å². The Morgan fingerprint density at radius 2 is 1.69 bits per heavy atom. The molecule has 0 unspecified atom stereocenters. The summed E-state index contributed by atoms with van der Waals surface area (Å²) in [5, 5.41) is 2.92. The number of anilines is 1. The smallest absolute Gasteiger partial charge is 0.244 e. The Labute approximate surface area is 209 Å². The monoisotopic (exact) mass is 503 g/mol. The number of aryl methyl sites for hydroxylation is 1. The second-order valence-electron chi connectivity index (χ2n) is 8.85. The Balaban J connectivity index is 2.42. The number of nitrogens with one attached hydrogen (secondary N) is 1. The molecule has 2 rings (SSSR count). The molecule has 0 heterocycles. The number of sulfonamides is 1. The van der Waals surface area contributed by atoms with Gasteiger partial charge in [-0.15, -0.1) is 0 Å². The lowest BCUT2D eigenvalue weighted by Gasteiger charge is -2.32. The van der Waals surface area contributed by atoms with Gasteiger partial charge >= 0.3 is 0 Å². The number of hydrogen-bond acceptors (Lipinski definition) is 5. The minimum Gasteiger partial charge on any atom is -0.497 e. The molecule has 0 aliphatic carbocycles. The van der Waals surface area contributed by atoms with E-state index in [4.69, 9.17) is 4.74 Å². The van der Waals surface area contributed by atoms with Crippen LogP contribution >= 0.6 is 0 Å². The third kappa shape index (κ3) is 7.45. The molecular weight excluding hydrogens is 466 g/mol. The minimum absolute atomic E-state index is 0.0506. The first-order valence-corrected chi connectivity index (χ1v) is 13.5. The third-order valence-corrected chi connectivity index (χ3v) is 7.33. The molecule has 35 heavy (non-hydrogen) atoms. The van der Waals surface area contributed by atoms with Crippen molar-refractivity contribution in [3.63, 3.8) is 0 Å². The van der Waals surface area contributed by atoms with E-state index in [1.165, 1.54) is 4.90 Å². The van der Waals surface area contributed by atoms with E-state index in [2.05, 4.69) is 5.32 Å². The Morgan fingerprint density at radius 1 is 1.06 bits per heavy atom. The maximum Gasteiger partial charge on any atom is 0.244 e. The van der Waals surface area contributed by atoms with E-state index >= 15 is 0 Å². The normalized spacial score (nSPS) is 13.0. The molecular formula is C26H37N3O5S. The largest absolute Gasteiger partial charge is 0.497 e. The molecule has 2 atom stereocenters. The number of rotatable bonds is 11. The Kier molecular flexibility index (Phi) is 9.71. The molecule has 8 nitrogen and oxygen atoms in total. The van der Waals surface area contributed by atoms with Gasteiger partial charge in [0.25, 0.3) is 0 Å². The predicted octanol–water partition coefficient (Wildman–Crippen LogP) is 3.41. The zero-order chi connectivity index (χ0) is 26.3. The van der Waals surface area contributed by atoms with Crippen LogP contribution in [0.2, 0.25) is 0 Å². The second kappa shape index (κ2) is 12.1. The van der Waals surface area contributed by atoms with Gasteiger partial charge in [-0.05, 0) is 69.0 Å². The fourth-order valence-electron chi connectivity index (χ4n) is 3.58. The first-order chi connectivity index (χ1) is 16.4. The topological polar surface area (TPSA) is 96.0 Å². The zero-order valence-corrected chi connectivity index (χ0v) is 22.5. The zero-order valence-electron chi connectivity index (χ0n) is 21.7. The van der Waals surface area contributed by atoms with Gasteiger partial charge in [0.15, 0.2) is 0 Å². The quantitative estimate of drug-likeness (QED) is 0.507. The lowest BCUT2D eigenvalue weighted by Crippen LogP contribution is -2.52. The van der Waals surface area contributed by atoms with Crippen LogP contribution in [-0.2, 0) is 26.2 Å². The van der Waals surface area contributed by atoms with E-state index in [1.54, 1.807) is 38.3 Å². The van der Waals surface area contributed by atoms with Crippen molar-refractivity contribution in [2.45, 2.75) is 59.7 Å². The molecule has 0 radical (unpaired) electrons. The molecule has 1 N–H and O–H groups in total. The summed E-state index contributed by atoms with van der Waals surface area (Å²) in [4.78, 5) is 28.0. The molecule has 0 spiro atoms. The summed E-state index contributed by atoms with van der Waals surface area (Å²) in [5.41, 5.74) is 2.93. The van der Waals surface area contributed by atoms with Crippen molar-refractivity contribution in [3.8, 4) is 5.75 Å². The number of nitrogens with zero attached hydrogens (tertiary/aromatic N) is 2. The molecule has 0 saturated carbocycles. The number of carbonyl (C=O) groups excluding carboxylic acids is 2. The van der Waals surface area contributed by atoms with Crippen LogP contribution in [-0.4, -0.2) is 57.1 Å². The summed E-state index contributed by atoms with van der Waals surface area (Å²) in [6.07, 6.45) is 1.83. The van der Waals surface area contributed by atoms with Gasteiger partial charge in [0, 0.05) is 12.6 Å². The third-order valence-electron chi connectivity index (χ3n) is 6.20. The molecule has 9 heteroatoms. The van der Waals surface area contributed by atoms with Crippen LogP contribution in [0.3, 0.4) is 0 Å². The molecule has 0 aliphatic rings. The maximum absolute atomic E-state index is 13.6. The van der Waals surface area contributed by atoms with Gasteiger partial charge in [-0.3, -0.25) is 13.9 Å². The van der Waals surface area contributed by atoms with E-state index in [-0.39, 0.29) is 18.5 Å². The van der Waals surface area contributed by atoms with E-state index in [0.29, 0.717) is 11.4 Å². The fraction of sp³-hybridized carbons (Fsp3) is 0.462. The molecule has 0 aliphatic heterocycles. The van der Waals surface area contributed by atoms with Gasteiger partial charge in [-0.25, -0.2) is 8.42 Å². The van der Waals surface area contributed by atoms with Crippen molar-refractivity contribution in [2.75, 3.05) is 24.2 Å². The first kappa shape index (κ1) is 28.2. The van der Waals surface area contributed by atoms with Crippen molar-refractivity contribution in [1.82, 2.24) is 10.2 Å². The number of amides is 2. The van der Waals surface area contributed by atoms with E-state index in [9.17, 15) is 18.0 Å². The highest BCUT2D eigenvalue weighted by Gasteiger charge is 2.31. The number of benzene rings is 2. The molecule has 2 amide bonds. The molecule has 2 aromatic rings. The molecule has 0 bridgehead atoms. The first-order valence-electron chi connectivity index (χ1n) is 11.7. The second-order valence-corrected chi connectivity index (χ2v) is 10.8. The van der Waals surface area contributed by atoms with E-state index < -0.39 is 28.5 Å². The fourth-order valence-corrected chi connectivity index (χ4v) is 4.48. The van der Waals surface area contributed by atoms with Crippen molar-refractivity contribution < 1.29 is 22.7 Å². The van der Waals surface area contributed by atoms with Crippen LogP contribution in [0.4, 0.5) is 5.69 Å². The van der Waals surface area contributed by atoms with Crippen LogP contribution in [0.5, 0.6) is 5.75 Å². The summed E-state index contributed by atoms with van der Waals surface area (Å²) in [6.45, 7) is 8.95. The maximum atomic E-state index is 13.6. The Bertz CT molecular complexity index is 1130. The molecule has 2 aromatic carbocycles. The Hall–Kier alpha value is -3.07. The summed E-state index contributed by atoms with van der Waals surface area (Å²) in [6, 6.07) is 11.7. The Morgan fingerprint density at radius 3 is 2.23 bits per heavy atom. The lowest BCUT2D eigenvalue weighted by molar-refractivity contribution is -0.139. The van der Waals surface area contributed by atoms with Crippen molar-refractivity contribution in [2.24, 2.45) is 0 Å². The summed E-state index contributed by atoms with van der Waals surface area (Å²) >= 11 is 0. The number of methoxy groups -OCH3 is 1. The summed E-state index contributed by atoms with van der Waals surface area (Å²) < 4.78 is 31.8. The standard InChI is InChI=1S/C26H37N3O5S/c1-8-19(3)27-26(31)21(5)28(16-22-12-14-23(34-6)15-13-22)25(30)17-29(35(7,32)33)24-11-9-10-18(2)20(24)4/h9-15,19,21H,8,16-17H2,1-7H3,(H,27,31)/t19-,21-/m0/s1. The minimum atomic E-state index is -3.77. The summed E-state index contributed by atoms with van der Waals surface area (Å²) in [7, 11) is -2.20. The SMILES string of the molecule is CC[C@H](C)NC(=O)[C@H](C)N(Cc1ccc(OC)cc1)C(=O)CN(c1cccc(C)c1C)S(C)(=O)=O. The number of ether oxygens (including phenoxy) is 1. The van der Waals surface area contributed by atoms with E-state index in [0.717, 1.165) is 33.7 Å². The molecule has 192 valence electrons. The highest BCUT2D eigenvalue weighted by molar-refractivity contribution is 7.92. The molecule has 0 fully saturated rings. The average Bonchev–Trinajstić information content (AvgIpc) is 2.81. The molecule has 0 aromatic heterocycles. The van der Waals surface area contributed by atoms with Crippen LogP contribution in [0.1, 0.15) is 43.9 Å². The van der Waals surface area contributed by atoms with Gasteiger partial charge in [-0.1, -0.05) is 31.2 Å². The van der Waals surface area contributed by atoms with Gasteiger partial charge < -0.3 is 15.0 Å². The van der Waals surface area contributed by atoms with Crippen molar-refractivity contribution >= 4 is 27.5 Å². The van der Waals surface area contributed by atoms with Crippen LogP contribution < -0.4 is 14.4 Å². The lowest BCUT2D eigenvalue weighted by atomic mass is 10.1. The molecule has 0 saturated heterocycles. The number of carbonyl (C=O) groups is 2. The van der Waals surface area contributed by atoms with Gasteiger partial charge in [0.05, 0.1) is 19.1 Å². The van der Waals surface area contributed by atoms with Crippen molar-refractivity contribution in [1.29, 1.82) is 0 Å². The summed E-state index contributed by atoms with van der Waals surface area (Å²) in [5.74, 6) is -0.0924. The van der Waals surface area contributed by atoms with Crippen LogP contribution in [0, 0.1) is 13.8 Å². The average molecular weight is 504 g/mol. The van der Waals surface area contributed by atoms with E-state index in [1.807, 2.05) is 45.9 Å². The van der Waals surface area contributed by atoms with Gasteiger partial charge in [0.2, 0.25) is 21.8 Å². The highest BCUT2D eigenvalue weighted by Crippen LogP contribution is 2.25. The highest BCUT2D eigenvalue weighted by atomic mass is 32.2. The predicted molar refractivity (Wildman–Crippen MR) is 139 cm³/mol. The van der Waals surface area contributed by atoms with Gasteiger partial charge in [-0.2, -0.15) is 0 Å². The van der Waals surface area contributed by atoms with Gasteiger partial charge in [0.1, 0.15) is 18.3 Å². The van der Waals surface area contributed by atoms with Crippen LogP contribution in [0.15, 0.2) is 42.5 Å². The van der Waals surface area contributed by atoms with Crippen LogP contribution in [0.25, 0.3) is 0 Å².